The number of nitrogens with zero attached hydrogens (tertiary/aromatic N) is 4. The van der Waals surface area contributed by atoms with Gasteiger partial charge in [-0.1, -0.05) is 23.4 Å². The van der Waals surface area contributed by atoms with E-state index in [1.54, 1.807) is 24.5 Å². The molecule has 0 aliphatic rings. The van der Waals surface area contributed by atoms with Crippen LogP contribution < -0.4 is 9.47 Å². The maximum absolute atomic E-state index is 13.3. The van der Waals surface area contributed by atoms with Gasteiger partial charge in [-0.15, -0.1) is 10.2 Å². The zero-order chi connectivity index (χ0) is 21.7. The molecule has 0 unspecified atom stereocenters. The van der Waals surface area contributed by atoms with Crippen molar-refractivity contribution in [1.29, 1.82) is 0 Å². The lowest BCUT2D eigenvalue weighted by Crippen LogP contribution is -2.02. The minimum atomic E-state index is -2.81. The van der Waals surface area contributed by atoms with Gasteiger partial charge >= 0.3 is 0 Å². The highest BCUT2D eigenvalue weighted by Gasteiger charge is 2.19. The summed E-state index contributed by atoms with van der Waals surface area (Å²) in [6, 6.07) is 9.19. The van der Waals surface area contributed by atoms with Gasteiger partial charge in [-0.05, 0) is 42.2 Å². The molecule has 1 aromatic heterocycles. The SMILES string of the molecule is COc1ccc(/C=N\n2c(SC)nnc2C(F)F)cc1COc1ccc(F)c(Cl)c1. The van der Waals surface area contributed by atoms with Crippen LogP contribution in [0.4, 0.5) is 13.2 Å². The summed E-state index contributed by atoms with van der Waals surface area (Å²) < 4.78 is 51.5. The Balaban J connectivity index is 1.83. The molecule has 1 heterocycles. The van der Waals surface area contributed by atoms with Gasteiger partial charge in [0.2, 0.25) is 11.0 Å². The fourth-order valence-electron chi connectivity index (χ4n) is 2.49. The Hall–Kier alpha value is -2.72. The molecule has 0 spiro atoms. The summed E-state index contributed by atoms with van der Waals surface area (Å²) in [4.78, 5) is 0. The fourth-order valence-corrected chi connectivity index (χ4v) is 3.10. The Bertz CT molecular complexity index is 1060. The first-order valence-electron chi connectivity index (χ1n) is 8.49. The van der Waals surface area contributed by atoms with E-state index < -0.39 is 18.1 Å². The quantitative estimate of drug-likeness (QED) is 0.344. The molecule has 30 heavy (non-hydrogen) atoms. The highest BCUT2D eigenvalue weighted by molar-refractivity contribution is 7.98. The van der Waals surface area contributed by atoms with Crippen molar-refractivity contribution in [2.75, 3.05) is 13.4 Å². The molecule has 0 amide bonds. The Morgan fingerprint density at radius 2 is 2.03 bits per heavy atom. The Morgan fingerprint density at radius 3 is 2.70 bits per heavy atom. The zero-order valence-electron chi connectivity index (χ0n) is 15.9. The number of halogens is 4. The van der Waals surface area contributed by atoms with Crippen LogP contribution in [0.1, 0.15) is 23.4 Å². The van der Waals surface area contributed by atoms with Crippen molar-refractivity contribution in [3.8, 4) is 11.5 Å². The molecule has 6 nitrogen and oxygen atoms in total. The molecule has 2 aromatic carbocycles. The minimum absolute atomic E-state index is 0.0475. The summed E-state index contributed by atoms with van der Waals surface area (Å²) >= 11 is 6.92. The Labute approximate surface area is 179 Å². The van der Waals surface area contributed by atoms with E-state index in [2.05, 4.69) is 15.3 Å². The summed E-state index contributed by atoms with van der Waals surface area (Å²) in [5.41, 5.74) is 1.29. The lowest BCUT2D eigenvalue weighted by Gasteiger charge is -2.11. The van der Waals surface area contributed by atoms with E-state index in [1.165, 1.54) is 31.5 Å². The van der Waals surface area contributed by atoms with Crippen molar-refractivity contribution in [2.45, 2.75) is 18.2 Å². The van der Waals surface area contributed by atoms with Crippen LogP contribution in [0.25, 0.3) is 0 Å². The maximum atomic E-state index is 13.3. The van der Waals surface area contributed by atoms with E-state index in [0.717, 1.165) is 16.4 Å². The van der Waals surface area contributed by atoms with Gasteiger partial charge in [0.1, 0.15) is 23.9 Å². The number of hydrogen-bond acceptors (Lipinski definition) is 6. The van der Waals surface area contributed by atoms with Crippen molar-refractivity contribution in [3.05, 3.63) is 64.2 Å². The van der Waals surface area contributed by atoms with Crippen LogP contribution in [0, 0.1) is 5.82 Å². The number of benzene rings is 2. The normalized spacial score (nSPS) is 11.4. The van der Waals surface area contributed by atoms with Gasteiger partial charge in [-0.25, -0.2) is 13.2 Å². The number of alkyl halides is 2. The van der Waals surface area contributed by atoms with Crippen molar-refractivity contribution < 1.29 is 22.6 Å². The highest BCUT2D eigenvalue weighted by Crippen LogP contribution is 2.25. The number of thioether (sulfide) groups is 1. The molecule has 0 aliphatic heterocycles. The monoisotopic (exact) mass is 456 g/mol. The molecule has 0 fully saturated rings. The third kappa shape index (κ3) is 5.06. The van der Waals surface area contributed by atoms with Crippen molar-refractivity contribution >= 4 is 29.6 Å². The van der Waals surface area contributed by atoms with Crippen LogP contribution in [-0.4, -0.2) is 34.5 Å². The van der Waals surface area contributed by atoms with Crippen LogP contribution in [-0.2, 0) is 6.61 Å². The summed E-state index contributed by atoms with van der Waals surface area (Å²) in [6.45, 7) is 0.109. The molecule has 0 radical (unpaired) electrons. The molecule has 0 N–H and O–H groups in total. The zero-order valence-corrected chi connectivity index (χ0v) is 17.4. The molecule has 0 saturated carbocycles. The van der Waals surface area contributed by atoms with Crippen LogP contribution >= 0.6 is 23.4 Å². The average molecular weight is 457 g/mol. The van der Waals surface area contributed by atoms with Gasteiger partial charge in [0, 0.05) is 11.6 Å². The average Bonchev–Trinajstić information content (AvgIpc) is 3.16. The van der Waals surface area contributed by atoms with E-state index in [1.807, 2.05) is 0 Å². The van der Waals surface area contributed by atoms with Gasteiger partial charge in [-0.2, -0.15) is 9.78 Å². The fraction of sp³-hybridized carbons (Fsp3) is 0.211. The molecule has 0 bridgehead atoms. The van der Waals surface area contributed by atoms with Crippen LogP contribution in [0.2, 0.25) is 5.02 Å². The number of methoxy groups -OCH3 is 1. The number of aromatic nitrogens is 3. The smallest absolute Gasteiger partial charge is 0.299 e. The Morgan fingerprint density at radius 1 is 1.23 bits per heavy atom. The predicted octanol–water partition coefficient (Wildman–Crippen LogP) is 5.20. The van der Waals surface area contributed by atoms with E-state index >= 15 is 0 Å². The second kappa shape index (κ2) is 9.86. The molecule has 0 saturated heterocycles. The molecule has 3 rings (SSSR count). The second-order valence-corrected chi connectivity index (χ2v) is 7.02. The van der Waals surface area contributed by atoms with Gasteiger partial charge < -0.3 is 9.47 Å². The third-order valence-electron chi connectivity index (χ3n) is 3.93. The molecule has 11 heteroatoms. The highest BCUT2D eigenvalue weighted by atomic mass is 35.5. The van der Waals surface area contributed by atoms with Gasteiger partial charge in [-0.3, -0.25) is 0 Å². The van der Waals surface area contributed by atoms with Crippen LogP contribution in [0.15, 0.2) is 46.7 Å². The molecule has 3 aromatic rings. The predicted molar refractivity (Wildman–Crippen MR) is 108 cm³/mol. The molecule has 158 valence electrons. The van der Waals surface area contributed by atoms with E-state index in [9.17, 15) is 13.2 Å². The van der Waals surface area contributed by atoms with E-state index in [0.29, 0.717) is 22.6 Å². The number of hydrogen-bond donors (Lipinski definition) is 0. The van der Waals surface area contributed by atoms with Crippen molar-refractivity contribution in [1.82, 2.24) is 14.9 Å². The van der Waals surface area contributed by atoms with Crippen LogP contribution in [0.3, 0.4) is 0 Å². The minimum Gasteiger partial charge on any atom is -0.496 e. The largest absolute Gasteiger partial charge is 0.496 e. The summed E-state index contributed by atoms with van der Waals surface area (Å²) in [6.07, 6.45) is 0.292. The van der Waals surface area contributed by atoms with Crippen molar-refractivity contribution in [2.24, 2.45) is 5.10 Å². The van der Waals surface area contributed by atoms with Gasteiger partial charge in [0.25, 0.3) is 6.43 Å². The first kappa shape index (κ1) is 22.0. The van der Waals surface area contributed by atoms with E-state index in [4.69, 9.17) is 21.1 Å². The standard InChI is InChI=1S/C19H16ClF3N4O2S/c1-28-16-6-3-11(9-24-27-18(17(22)23)25-26-19(27)30-2)7-12(16)10-29-13-4-5-15(21)14(20)8-13/h3-9,17H,10H2,1-2H3/b24-9-. The topological polar surface area (TPSA) is 61.5 Å². The van der Waals surface area contributed by atoms with E-state index in [-0.39, 0.29) is 16.8 Å². The molecular weight excluding hydrogens is 441 g/mol. The first-order valence-corrected chi connectivity index (χ1v) is 10.1. The maximum Gasteiger partial charge on any atom is 0.299 e. The lowest BCUT2D eigenvalue weighted by atomic mass is 10.1. The summed E-state index contributed by atoms with van der Waals surface area (Å²) in [5.74, 6) is -0.136. The molecule has 0 aliphatic carbocycles. The van der Waals surface area contributed by atoms with Crippen LogP contribution in [0.5, 0.6) is 11.5 Å². The third-order valence-corrected chi connectivity index (χ3v) is 4.84. The lowest BCUT2D eigenvalue weighted by molar-refractivity contribution is 0.135. The second-order valence-electron chi connectivity index (χ2n) is 5.84. The first-order chi connectivity index (χ1) is 14.4. The Kier molecular flexibility index (Phi) is 7.22. The number of ether oxygens (including phenoxy) is 2. The molecular formula is C19H16ClF3N4O2S. The van der Waals surface area contributed by atoms with Gasteiger partial charge in [0.05, 0.1) is 18.3 Å². The number of rotatable bonds is 8. The summed E-state index contributed by atoms with van der Waals surface area (Å²) in [5, 5.41) is 11.4. The van der Waals surface area contributed by atoms with Crippen molar-refractivity contribution in [3.63, 3.8) is 0 Å². The van der Waals surface area contributed by atoms with Gasteiger partial charge in [0.15, 0.2) is 0 Å². The molecule has 0 atom stereocenters. The summed E-state index contributed by atoms with van der Waals surface area (Å²) in [7, 11) is 1.51.